The lowest BCUT2D eigenvalue weighted by molar-refractivity contribution is -0.384. The van der Waals surface area contributed by atoms with E-state index in [0.717, 1.165) is 6.07 Å². The Morgan fingerprint density at radius 3 is 2.62 bits per heavy atom. The zero-order valence-corrected chi connectivity index (χ0v) is 11.7. The third kappa shape index (κ3) is 3.26. The van der Waals surface area contributed by atoms with E-state index in [1.165, 1.54) is 37.6 Å². The molecular weight excluding hydrogens is 298 g/mol. The number of ether oxygens (including phenoxy) is 1. The number of anilines is 1. The molecule has 1 aromatic heterocycles. The first-order valence-electron chi connectivity index (χ1n) is 5.70. The highest BCUT2D eigenvalue weighted by Crippen LogP contribution is 2.30. The number of aromatic nitrogens is 1. The van der Waals surface area contributed by atoms with Crippen LogP contribution in [0.4, 0.5) is 11.4 Å². The van der Waals surface area contributed by atoms with Gasteiger partial charge in [0.1, 0.15) is 11.4 Å². The number of benzene rings is 1. The number of nitrogens with zero attached hydrogens (tertiary/aromatic N) is 2. The average molecular weight is 309 g/mol. The van der Waals surface area contributed by atoms with Crippen LogP contribution in [0.15, 0.2) is 47.6 Å². The second kappa shape index (κ2) is 5.75. The van der Waals surface area contributed by atoms with Gasteiger partial charge in [-0.05, 0) is 24.3 Å². The Kier molecular flexibility index (Phi) is 4.03. The summed E-state index contributed by atoms with van der Waals surface area (Å²) in [4.78, 5) is 14.0. The number of pyridine rings is 1. The minimum Gasteiger partial charge on any atom is -0.496 e. The van der Waals surface area contributed by atoms with Crippen LogP contribution in [-0.4, -0.2) is 25.4 Å². The number of nitro groups is 1. The molecule has 8 nitrogen and oxygen atoms in total. The van der Waals surface area contributed by atoms with Crippen molar-refractivity contribution in [2.75, 3.05) is 11.8 Å². The highest BCUT2D eigenvalue weighted by Gasteiger charge is 2.22. The van der Waals surface area contributed by atoms with Crippen LogP contribution in [0.1, 0.15) is 0 Å². The lowest BCUT2D eigenvalue weighted by Gasteiger charge is -2.08. The molecule has 1 heterocycles. The van der Waals surface area contributed by atoms with Crippen LogP contribution in [0.5, 0.6) is 5.75 Å². The van der Waals surface area contributed by atoms with E-state index in [9.17, 15) is 18.5 Å². The summed E-state index contributed by atoms with van der Waals surface area (Å²) >= 11 is 0. The van der Waals surface area contributed by atoms with E-state index in [2.05, 4.69) is 9.71 Å². The topological polar surface area (TPSA) is 111 Å². The number of sulfonamides is 1. The minimum atomic E-state index is -4.00. The SMILES string of the molecule is COc1ccc(NS(=O)(=O)c2ccccn2)c([N+](=O)[O-])c1. The second-order valence-corrected chi connectivity index (χ2v) is 5.54. The van der Waals surface area contributed by atoms with Gasteiger partial charge in [-0.2, -0.15) is 8.42 Å². The number of hydrogen-bond acceptors (Lipinski definition) is 6. The van der Waals surface area contributed by atoms with Gasteiger partial charge in [-0.1, -0.05) is 6.07 Å². The van der Waals surface area contributed by atoms with Gasteiger partial charge in [0.15, 0.2) is 5.03 Å². The predicted molar refractivity (Wildman–Crippen MR) is 74.7 cm³/mol. The minimum absolute atomic E-state index is 0.161. The molecule has 0 bridgehead atoms. The summed E-state index contributed by atoms with van der Waals surface area (Å²) in [7, 11) is -2.64. The van der Waals surface area contributed by atoms with Crippen LogP contribution in [0.3, 0.4) is 0 Å². The van der Waals surface area contributed by atoms with E-state index in [4.69, 9.17) is 4.74 Å². The Labute approximate surface area is 120 Å². The summed E-state index contributed by atoms with van der Waals surface area (Å²) < 4.78 is 31.2. The maximum Gasteiger partial charge on any atom is 0.297 e. The predicted octanol–water partition coefficient (Wildman–Crippen LogP) is 1.80. The van der Waals surface area contributed by atoms with Crippen molar-refractivity contribution in [3.05, 3.63) is 52.7 Å². The number of rotatable bonds is 5. The van der Waals surface area contributed by atoms with Crippen molar-refractivity contribution in [1.29, 1.82) is 0 Å². The highest BCUT2D eigenvalue weighted by molar-refractivity contribution is 7.92. The molecule has 1 aromatic carbocycles. The van der Waals surface area contributed by atoms with Crippen molar-refractivity contribution >= 4 is 21.4 Å². The van der Waals surface area contributed by atoms with E-state index in [-0.39, 0.29) is 16.5 Å². The number of methoxy groups -OCH3 is 1. The molecule has 0 radical (unpaired) electrons. The van der Waals surface area contributed by atoms with Gasteiger partial charge in [-0.3, -0.25) is 14.8 Å². The molecule has 0 fully saturated rings. The first kappa shape index (κ1) is 14.7. The van der Waals surface area contributed by atoms with Gasteiger partial charge >= 0.3 is 0 Å². The van der Waals surface area contributed by atoms with Crippen molar-refractivity contribution in [2.45, 2.75) is 5.03 Å². The molecule has 0 saturated heterocycles. The molecule has 0 aliphatic carbocycles. The lowest BCUT2D eigenvalue weighted by Crippen LogP contribution is -2.15. The Balaban J connectivity index is 2.42. The summed E-state index contributed by atoms with van der Waals surface area (Å²) in [6.07, 6.45) is 1.32. The fraction of sp³-hybridized carbons (Fsp3) is 0.0833. The summed E-state index contributed by atoms with van der Waals surface area (Å²) in [6, 6.07) is 8.17. The lowest BCUT2D eigenvalue weighted by atomic mass is 10.2. The number of nitrogens with one attached hydrogen (secondary N) is 1. The zero-order valence-electron chi connectivity index (χ0n) is 10.9. The fourth-order valence-electron chi connectivity index (χ4n) is 1.58. The summed E-state index contributed by atoms with van der Waals surface area (Å²) in [5.74, 6) is 0.252. The van der Waals surface area contributed by atoms with E-state index in [0.29, 0.717) is 0 Å². The van der Waals surface area contributed by atoms with Crippen LogP contribution in [-0.2, 0) is 10.0 Å². The molecule has 2 aromatic rings. The third-order valence-electron chi connectivity index (χ3n) is 2.56. The van der Waals surface area contributed by atoms with Gasteiger partial charge in [0.2, 0.25) is 0 Å². The maximum atomic E-state index is 12.1. The summed E-state index contributed by atoms with van der Waals surface area (Å²) in [5.41, 5.74) is -0.569. The van der Waals surface area contributed by atoms with Crippen molar-refractivity contribution in [3.63, 3.8) is 0 Å². The molecule has 110 valence electrons. The smallest absolute Gasteiger partial charge is 0.297 e. The van der Waals surface area contributed by atoms with Gasteiger partial charge in [0.05, 0.1) is 18.1 Å². The van der Waals surface area contributed by atoms with Gasteiger partial charge < -0.3 is 4.74 Å². The number of nitro benzene ring substituents is 1. The third-order valence-corrected chi connectivity index (χ3v) is 3.84. The quantitative estimate of drug-likeness (QED) is 0.666. The van der Waals surface area contributed by atoms with E-state index < -0.39 is 20.6 Å². The van der Waals surface area contributed by atoms with Gasteiger partial charge in [-0.25, -0.2) is 4.98 Å². The largest absolute Gasteiger partial charge is 0.496 e. The second-order valence-electron chi connectivity index (χ2n) is 3.91. The highest BCUT2D eigenvalue weighted by atomic mass is 32.2. The monoisotopic (exact) mass is 309 g/mol. The zero-order chi connectivity index (χ0) is 15.5. The van der Waals surface area contributed by atoms with Gasteiger partial charge in [0, 0.05) is 6.20 Å². The Bertz CT molecular complexity index is 762. The summed E-state index contributed by atoms with van der Waals surface area (Å²) in [6.45, 7) is 0. The molecule has 1 N–H and O–H groups in total. The van der Waals surface area contributed by atoms with Gasteiger partial charge in [0.25, 0.3) is 15.7 Å². The van der Waals surface area contributed by atoms with Crippen molar-refractivity contribution in [2.24, 2.45) is 0 Å². The van der Waals surface area contributed by atoms with E-state index in [1.54, 1.807) is 6.07 Å². The standard InChI is InChI=1S/C12H11N3O5S/c1-20-9-5-6-10(11(8-9)15(16)17)14-21(18,19)12-4-2-3-7-13-12/h2-8,14H,1H3. The molecule has 0 atom stereocenters. The molecule has 21 heavy (non-hydrogen) atoms. The molecule has 0 spiro atoms. The van der Waals surface area contributed by atoms with Crippen LogP contribution in [0, 0.1) is 10.1 Å². The van der Waals surface area contributed by atoms with Gasteiger partial charge in [-0.15, -0.1) is 0 Å². The normalized spacial score (nSPS) is 10.9. The number of hydrogen-bond donors (Lipinski definition) is 1. The molecule has 0 saturated carbocycles. The fourth-order valence-corrected chi connectivity index (χ4v) is 2.60. The van der Waals surface area contributed by atoms with E-state index in [1.807, 2.05) is 0 Å². The Morgan fingerprint density at radius 2 is 2.05 bits per heavy atom. The first-order valence-corrected chi connectivity index (χ1v) is 7.18. The first-order chi connectivity index (χ1) is 9.94. The molecule has 0 amide bonds. The van der Waals surface area contributed by atoms with Crippen molar-refractivity contribution in [1.82, 2.24) is 4.98 Å². The Hall–Kier alpha value is -2.68. The Morgan fingerprint density at radius 1 is 1.29 bits per heavy atom. The van der Waals surface area contributed by atoms with Crippen molar-refractivity contribution in [3.8, 4) is 5.75 Å². The summed E-state index contributed by atoms with van der Waals surface area (Å²) in [5, 5.41) is 10.8. The molecule has 0 aliphatic rings. The molecule has 9 heteroatoms. The molecular formula is C12H11N3O5S. The van der Waals surface area contributed by atoms with Crippen LogP contribution in [0.25, 0.3) is 0 Å². The molecule has 0 aliphatic heterocycles. The maximum absolute atomic E-state index is 12.1. The van der Waals surface area contributed by atoms with Crippen LogP contribution >= 0.6 is 0 Å². The molecule has 2 rings (SSSR count). The van der Waals surface area contributed by atoms with Crippen LogP contribution in [0.2, 0.25) is 0 Å². The average Bonchev–Trinajstić information content (AvgIpc) is 2.48. The van der Waals surface area contributed by atoms with Crippen molar-refractivity contribution < 1.29 is 18.1 Å². The molecule has 0 unspecified atom stereocenters. The van der Waals surface area contributed by atoms with E-state index >= 15 is 0 Å². The van der Waals surface area contributed by atoms with Crippen LogP contribution < -0.4 is 9.46 Å².